The summed E-state index contributed by atoms with van der Waals surface area (Å²) in [7, 11) is -3.75. The van der Waals surface area contributed by atoms with E-state index in [4.69, 9.17) is 9.47 Å². The Hall–Kier alpha value is -2.58. The number of nitrogens with zero attached hydrogens (tertiary/aromatic N) is 1. The summed E-state index contributed by atoms with van der Waals surface area (Å²) in [6.45, 7) is 7.84. The van der Waals surface area contributed by atoms with E-state index in [-0.39, 0.29) is 10.8 Å². The van der Waals surface area contributed by atoms with Gasteiger partial charge in [0.15, 0.2) is 6.10 Å². The van der Waals surface area contributed by atoms with Crippen molar-refractivity contribution in [3.05, 3.63) is 53.6 Å². The zero-order valence-electron chi connectivity index (χ0n) is 18.3. The van der Waals surface area contributed by atoms with Crippen molar-refractivity contribution in [2.24, 2.45) is 0 Å². The van der Waals surface area contributed by atoms with E-state index in [1.54, 1.807) is 24.0 Å². The minimum absolute atomic E-state index is 0.107. The zero-order valence-corrected chi connectivity index (χ0v) is 19.1. The van der Waals surface area contributed by atoms with Gasteiger partial charge in [-0.3, -0.25) is 9.52 Å². The van der Waals surface area contributed by atoms with E-state index in [0.29, 0.717) is 37.7 Å². The Morgan fingerprint density at radius 1 is 1.06 bits per heavy atom. The van der Waals surface area contributed by atoms with E-state index in [1.165, 1.54) is 12.1 Å². The molecule has 1 heterocycles. The molecule has 1 amide bonds. The van der Waals surface area contributed by atoms with Crippen LogP contribution in [0.15, 0.2) is 47.4 Å². The fourth-order valence-electron chi connectivity index (χ4n) is 3.56. The molecule has 7 nitrogen and oxygen atoms in total. The molecule has 0 aromatic heterocycles. The van der Waals surface area contributed by atoms with Crippen molar-refractivity contribution in [1.29, 1.82) is 0 Å². The summed E-state index contributed by atoms with van der Waals surface area (Å²) in [6, 6.07) is 11.9. The lowest BCUT2D eigenvalue weighted by atomic mass is 10.0. The number of amides is 1. The second-order valence-corrected chi connectivity index (χ2v) is 9.12. The van der Waals surface area contributed by atoms with Crippen LogP contribution in [0.5, 0.6) is 5.75 Å². The van der Waals surface area contributed by atoms with Gasteiger partial charge in [0.25, 0.3) is 15.9 Å². The average molecular weight is 447 g/mol. The van der Waals surface area contributed by atoms with Crippen LogP contribution in [0.4, 0.5) is 5.69 Å². The molecule has 3 rings (SSSR count). The Morgan fingerprint density at radius 2 is 1.65 bits per heavy atom. The molecule has 31 heavy (non-hydrogen) atoms. The van der Waals surface area contributed by atoms with Crippen LogP contribution in [0.2, 0.25) is 0 Å². The molecular formula is C23H30N2O5S. The number of carbonyl (C=O) groups excluding carboxylic acids is 1. The maximum Gasteiger partial charge on any atom is 0.263 e. The van der Waals surface area contributed by atoms with Crippen LogP contribution >= 0.6 is 0 Å². The maximum absolute atomic E-state index is 13.0. The molecule has 1 saturated heterocycles. The molecule has 1 atom stereocenters. The minimum atomic E-state index is -3.75. The van der Waals surface area contributed by atoms with Crippen LogP contribution in [0.25, 0.3) is 0 Å². The topological polar surface area (TPSA) is 84.9 Å². The number of morpholine rings is 1. The van der Waals surface area contributed by atoms with E-state index >= 15 is 0 Å². The van der Waals surface area contributed by atoms with E-state index in [1.807, 2.05) is 32.0 Å². The summed E-state index contributed by atoms with van der Waals surface area (Å²) in [6.07, 6.45) is 0.795. The van der Waals surface area contributed by atoms with E-state index in [9.17, 15) is 13.2 Å². The monoisotopic (exact) mass is 446 g/mol. The van der Waals surface area contributed by atoms with Crippen LogP contribution in [-0.2, 0) is 32.4 Å². The lowest BCUT2D eigenvalue weighted by Crippen LogP contribution is -2.46. The number of hydrogen-bond acceptors (Lipinski definition) is 5. The number of nitrogens with one attached hydrogen (secondary N) is 1. The highest BCUT2D eigenvalue weighted by molar-refractivity contribution is 7.92. The number of anilines is 1. The van der Waals surface area contributed by atoms with E-state index < -0.39 is 16.1 Å². The van der Waals surface area contributed by atoms with Gasteiger partial charge in [0.05, 0.1) is 23.8 Å². The number of sulfonamides is 1. The van der Waals surface area contributed by atoms with Crippen molar-refractivity contribution < 1.29 is 22.7 Å². The van der Waals surface area contributed by atoms with Gasteiger partial charge in [-0.05, 0) is 55.2 Å². The van der Waals surface area contributed by atoms with Crippen molar-refractivity contribution in [2.45, 2.75) is 44.6 Å². The lowest BCUT2D eigenvalue weighted by molar-refractivity contribution is -0.142. The Labute approximate surface area is 184 Å². The Kier molecular flexibility index (Phi) is 7.56. The minimum Gasteiger partial charge on any atom is -0.481 e. The third kappa shape index (κ3) is 5.57. The molecule has 0 bridgehead atoms. The fourth-order valence-corrected chi connectivity index (χ4v) is 4.70. The predicted octanol–water partition coefficient (Wildman–Crippen LogP) is 3.24. The van der Waals surface area contributed by atoms with E-state index in [2.05, 4.69) is 4.72 Å². The number of carbonyl (C=O) groups is 1. The van der Waals surface area contributed by atoms with Crippen LogP contribution in [-0.4, -0.2) is 51.6 Å². The first-order valence-electron chi connectivity index (χ1n) is 10.6. The summed E-state index contributed by atoms with van der Waals surface area (Å²) in [5.41, 5.74) is 2.56. The van der Waals surface area contributed by atoms with Gasteiger partial charge in [-0.2, -0.15) is 0 Å². The van der Waals surface area contributed by atoms with Gasteiger partial charge in [-0.1, -0.05) is 32.0 Å². The summed E-state index contributed by atoms with van der Waals surface area (Å²) in [4.78, 5) is 14.3. The number of para-hydroxylation sites is 1. The Balaban J connectivity index is 1.71. The standard InChI is InChI=1S/C23H30N2O5S/c1-4-18-7-6-8-19(5-2)22(18)24-31(27,28)21-11-9-20(10-12-21)30-17(3)23(26)25-13-15-29-16-14-25/h6-12,17,24H,4-5,13-16H2,1-3H3/t17-/m0/s1. The van der Waals surface area contributed by atoms with Gasteiger partial charge in [0.2, 0.25) is 0 Å². The number of hydrogen-bond donors (Lipinski definition) is 1. The van der Waals surface area contributed by atoms with E-state index in [0.717, 1.165) is 24.0 Å². The van der Waals surface area contributed by atoms with Crippen molar-refractivity contribution in [3.63, 3.8) is 0 Å². The largest absolute Gasteiger partial charge is 0.481 e. The van der Waals surface area contributed by atoms with Gasteiger partial charge >= 0.3 is 0 Å². The van der Waals surface area contributed by atoms with Crippen molar-refractivity contribution >= 4 is 21.6 Å². The molecule has 0 unspecified atom stereocenters. The fraction of sp³-hybridized carbons (Fsp3) is 0.435. The van der Waals surface area contributed by atoms with Gasteiger partial charge in [0.1, 0.15) is 5.75 Å². The van der Waals surface area contributed by atoms with Gasteiger partial charge in [-0.15, -0.1) is 0 Å². The molecule has 2 aromatic rings. The summed E-state index contributed by atoms with van der Waals surface area (Å²) < 4.78 is 39.7. The van der Waals surface area contributed by atoms with Crippen LogP contribution in [0.3, 0.4) is 0 Å². The first-order valence-corrected chi connectivity index (χ1v) is 12.1. The van der Waals surface area contributed by atoms with Crippen molar-refractivity contribution in [1.82, 2.24) is 4.90 Å². The zero-order chi connectivity index (χ0) is 22.4. The highest BCUT2D eigenvalue weighted by atomic mass is 32.2. The van der Waals surface area contributed by atoms with Gasteiger partial charge in [0, 0.05) is 13.1 Å². The highest BCUT2D eigenvalue weighted by Crippen LogP contribution is 2.26. The number of aryl methyl sites for hydroxylation is 2. The molecule has 168 valence electrons. The third-order valence-electron chi connectivity index (χ3n) is 5.35. The van der Waals surface area contributed by atoms with Crippen molar-refractivity contribution in [3.8, 4) is 5.75 Å². The molecule has 0 radical (unpaired) electrons. The number of ether oxygens (including phenoxy) is 2. The molecule has 8 heteroatoms. The predicted molar refractivity (Wildman–Crippen MR) is 120 cm³/mol. The summed E-state index contributed by atoms with van der Waals surface area (Å²) in [5.74, 6) is 0.334. The molecule has 0 aliphatic carbocycles. The smallest absolute Gasteiger partial charge is 0.263 e. The second kappa shape index (κ2) is 10.2. The van der Waals surface area contributed by atoms with Crippen molar-refractivity contribution in [2.75, 3.05) is 31.0 Å². The molecule has 0 saturated carbocycles. The molecule has 1 aliphatic heterocycles. The van der Waals surface area contributed by atoms with Gasteiger partial charge < -0.3 is 14.4 Å². The third-order valence-corrected chi connectivity index (χ3v) is 6.72. The summed E-state index contributed by atoms with van der Waals surface area (Å²) >= 11 is 0. The Morgan fingerprint density at radius 3 is 2.19 bits per heavy atom. The molecule has 0 spiro atoms. The molecule has 1 fully saturated rings. The SMILES string of the molecule is CCc1cccc(CC)c1NS(=O)(=O)c1ccc(O[C@@H](C)C(=O)N2CCOCC2)cc1. The average Bonchev–Trinajstić information content (AvgIpc) is 2.79. The van der Waals surface area contributed by atoms with Crippen LogP contribution < -0.4 is 9.46 Å². The normalized spacial score (nSPS) is 15.4. The molecule has 1 N–H and O–H groups in total. The molecule has 2 aromatic carbocycles. The first-order chi connectivity index (χ1) is 14.9. The van der Waals surface area contributed by atoms with Gasteiger partial charge in [-0.25, -0.2) is 8.42 Å². The number of rotatable bonds is 8. The summed E-state index contributed by atoms with van der Waals surface area (Å²) in [5, 5.41) is 0. The lowest BCUT2D eigenvalue weighted by Gasteiger charge is -2.29. The maximum atomic E-state index is 13.0. The van der Waals surface area contributed by atoms with Crippen LogP contribution in [0.1, 0.15) is 31.9 Å². The second-order valence-electron chi connectivity index (χ2n) is 7.43. The quantitative estimate of drug-likeness (QED) is 0.673. The molecular weight excluding hydrogens is 416 g/mol. The first kappa shape index (κ1) is 23.1. The number of benzene rings is 2. The van der Waals surface area contributed by atoms with Crippen LogP contribution in [0, 0.1) is 0 Å². The molecule has 1 aliphatic rings. The highest BCUT2D eigenvalue weighted by Gasteiger charge is 2.24. The Bertz CT molecular complexity index is 977.